The highest BCUT2D eigenvalue weighted by atomic mass is 15.1. The van der Waals surface area contributed by atoms with Gasteiger partial charge < -0.3 is 4.90 Å². The molecule has 9 aromatic rings. The molecule has 0 N–H and O–H groups in total. The second-order valence-corrected chi connectivity index (χ2v) is 18.1. The number of nitrogens with zero attached hydrogens (tertiary/aromatic N) is 1. The molecular weight excluding hydrogens is 735 g/mol. The highest BCUT2D eigenvalue weighted by Gasteiger charge is 2.51. The molecule has 1 atom stereocenters. The lowest BCUT2D eigenvalue weighted by Gasteiger charge is -2.32. The molecule has 0 bridgehead atoms. The Morgan fingerprint density at radius 2 is 0.656 bits per heavy atom. The Hall–Kier alpha value is -7.22. The van der Waals surface area contributed by atoms with E-state index < -0.39 is 0 Å². The van der Waals surface area contributed by atoms with Gasteiger partial charge in [-0.2, -0.15) is 0 Å². The molecule has 0 heterocycles. The van der Waals surface area contributed by atoms with Gasteiger partial charge in [-0.1, -0.05) is 184 Å². The van der Waals surface area contributed by atoms with Gasteiger partial charge in [0.05, 0.1) is 5.41 Å². The van der Waals surface area contributed by atoms with Crippen LogP contribution in [0.3, 0.4) is 0 Å². The minimum Gasteiger partial charge on any atom is -0.310 e. The van der Waals surface area contributed by atoms with Crippen LogP contribution < -0.4 is 4.90 Å². The number of rotatable bonds is 4. The Morgan fingerprint density at radius 1 is 0.279 bits per heavy atom. The van der Waals surface area contributed by atoms with E-state index in [-0.39, 0.29) is 16.2 Å². The third-order valence-corrected chi connectivity index (χ3v) is 15.0. The number of hydrogen-bond acceptors (Lipinski definition) is 1. The molecular formula is C60H43N. The molecule has 0 saturated heterocycles. The largest absolute Gasteiger partial charge is 0.310 e. The number of benzene rings is 9. The molecule has 0 aliphatic heterocycles. The molecule has 1 heteroatoms. The predicted molar refractivity (Wildman–Crippen MR) is 252 cm³/mol. The first kappa shape index (κ1) is 34.6. The number of fused-ring (bicyclic) bond motifs is 16. The van der Waals surface area contributed by atoms with Crippen molar-refractivity contribution in [1.82, 2.24) is 0 Å². The van der Waals surface area contributed by atoms with Crippen LogP contribution >= 0.6 is 0 Å². The molecule has 0 saturated carbocycles. The average Bonchev–Trinajstić information content (AvgIpc) is 3.95. The predicted octanol–water partition coefficient (Wildman–Crippen LogP) is 15.1. The molecule has 1 nitrogen and oxygen atoms in total. The molecule has 288 valence electrons. The van der Waals surface area contributed by atoms with E-state index in [1.54, 1.807) is 0 Å². The first-order valence-electron chi connectivity index (χ1n) is 21.7. The van der Waals surface area contributed by atoms with Gasteiger partial charge in [0, 0.05) is 27.9 Å². The van der Waals surface area contributed by atoms with Gasteiger partial charge in [0.25, 0.3) is 0 Å². The lowest BCUT2D eigenvalue weighted by molar-refractivity contribution is 0.660. The summed E-state index contributed by atoms with van der Waals surface area (Å²) in [6.45, 7) is 7.18. The van der Waals surface area contributed by atoms with Crippen LogP contribution in [0.2, 0.25) is 0 Å². The summed E-state index contributed by atoms with van der Waals surface area (Å²) in [7, 11) is 0. The molecule has 0 fully saturated rings. The molecule has 13 rings (SSSR count). The Kier molecular flexibility index (Phi) is 6.91. The molecule has 0 radical (unpaired) electrons. The monoisotopic (exact) mass is 777 g/mol. The van der Waals surface area contributed by atoms with Crippen LogP contribution in [0.4, 0.5) is 17.1 Å². The van der Waals surface area contributed by atoms with Crippen molar-refractivity contribution in [1.29, 1.82) is 0 Å². The van der Waals surface area contributed by atoms with E-state index in [4.69, 9.17) is 0 Å². The van der Waals surface area contributed by atoms with Crippen LogP contribution in [0.15, 0.2) is 206 Å². The lowest BCUT2D eigenvalue weighted by Crippen LogP contribution is -2.25. The summed E-state index contributed by atoms with van der Waals surface area (Å²) in [6.07, 6.45) is 0. The summed E-state index contributed by atoms with van der Waals surface area (Å²) >= 11 is 0. The summed E-state index contributed by atoms with van der Waals surface area (Å²) in [4.78, 5) is 2.53. The van der Waals surface area contributed by atoms with Gasteiger partial charge in [-0.25, -0.2) is 0 Å². The molecule has 4 aliphatic rings. The van der Waals surface area contributed by atoms with Crippen molar-refractivity contribution in [3.63, 3.8) is 0 Å². The van der Waals surface area contributed by atoms with Crippen molar-refractivity contribution in [2.75, 3.05) is 4.90 Å². The smallest absolute Gasteiger partial charge is 0.0725 e. The summed E-state index contributed by atoms with van der Waals surface area (Å²) in [6, 6.07) is 78.0. The fourth-order valence-corrected chi connectivity index (χ4v) is 12.2. The van der Waals surface area contributed by atoms with Gasteiger partial charge in [0.1, 0.15) is 0 Å². The molecule has 61 heavy (non-hydrogen) atoms. The molecule has 9 aromatic carbocycles. The first-order valence-corrected chi connectivity index (χ1v) is 21.7. The summed E-state index contributed by atoms with van der Waals surface area (Å²) in [5.74, 6) is 0. The van der Waals surface area contributed by atoms with Gasteiger partial charge >= 0.3 is 0 Å². The maximum absolute atomic E-state index is 2.53. The maximum Gasteiger partial charge on any atom is 0.0725 e. The Bertz CT molecular complexity index is 3270. The van der Waals surface area contributed by atoms with Crippen molar-refractivity contribution >= 4 is 17.1 Å². The zero-order valence-corrected chi connectivity index (χ0v) is 34.6. The van der Waals surface area contributed by atoms with Gasteiger partial charge in [0.15, 0.2) is 0 Å². The maximum atomic E-state index is 2.53. The van der Waals surface area contributed by atoms with Crippen molar-refractivity contribution < 1.29 is 0 Å². The normalized spacial score (nSPS) is 17.1. The van der Waals surface area contributed by atoms with E-state index in [1.165, 1.54) is 94.6 Å². The van der Waals surface area contributed by atoms with E-state index in [0.717, 1.165) is 17.1 Å². The highest BCUT2D eigenvalue weighted by molar-refractivity contribution is 5.97. The van der Waals surface area contributed by atoms with Crippen LogP contribution in [0.25, 0.3) is 44.5 Å². The highest BCUT2D eigenvalue weighted by Crippen LogP contribution is 2.63. The van der Waals surface area contributed by atoms with Crippen molar-refractivity contribution in [3.05, 3.63) is 256 Å². The molecule has 0 aromatic heterocycles. The van der Waals surface area contributed by atoms with Crippen LogP contribution in [-0.4, -0.2) is 0 Å². The average molecular weight is 778 g/mol. The SMILES string of the molecule is CC1(C)c2ccccc2-c2ccc(N(c3ccc4c(c3)-c3ccccc3C43c4ccccc4-c4ccccc43)c3ccc4c(c3)C(C)(c3ccccc3)c3ccccc3-4)cc21. The second kappa shape index (κ2) is 12.2. The van der Waals surface area contributed by atoms with Gasteiger partial charge in [-0.15, -0.1) is 0 Å². The summed E-state index contributed by atoms with van der Waals surface area (Å²) in [5, 5.41) is 0. The first-order chi connectivity index (χ1) is 29.9. The quantitative estimate of drug-likeness (QED) is 0.172. The van der Waals surface area contributed by atoms with E-state index >= 15 is 0 Å². The number of hydrogen-bond donors (Lipinski definition) is 0. The van der Waals surface area contributed by atoms with E-state index in [9.17, 15) is 0 Å². The molecule has 0 amide bonds. The minimum atomic E-state index is -0.386. The van der Waals surface area contributed by atoms with E-state index in [0.29, 0.717) is 0 Å². The number of anilines is 3. The van der Waals surface area contributed by atoms with Crippen LogP contribution in [0, 0.1) is 0 Å². The second-order valence-electron chi connectivity index (χ2n) is 18.1. The lowest BCUT2D eigenvalue weighted by atomic mass is 9.70. The summed E-state index contributed by atoms with van der Waals surface area (Å²) < 4.78 is 0. The molecule has 1 unspecified atom stereocenters. The standard InChI is InChI=1S/C60H43N/c1-58(2)50-24-12-7-19-42(50)47-32-29-40(36-56(47)58)61(41-30-33-48-43-20-8-13-25-51(43)59(3,57(48)37-41)38-17-5-4-6-18-38)39-31-34-55-49(35-39)46-23-11-16-28-54(46)60(55)52-26-14-9-21-44(52)45-22-10-15-27-53(45)60/h4-37H,1-3H3. The third-order valence-electron chi connectivity index (χ3n) is 15.0. The minimum absolute atomic E-state index is 0.133. The van der Waals surface area contributed by atoms with Gasteiger partial charge in [-0.05, 0) is 138 Å². The van der Waals surface area contributed by atoms with Gasteiger partial charge in [0.2, 0.25) is 0 Å². The molecule has 4 aliphatic carbocycles. The van der Waals surface area contributed by atoms with Gasteiger partial charge in [-0.3, -0.25) is 0 Å². The fraction of sp³-hybridized carbons (Fsp3) is 0.100. The Labute approximate surface area is 358 Å². The van der Waals surface area contributed by atoms with E-state index in [2.05, 4.69) is 232 Å². The van der Waals surface area contributed by atoms with Crippen molar-refractivity contribution in [3.8, 4) is 44.5 Å². The van der Waals surface area contributed by atoms with Crippen molar-refractivity contribution in [2.45, 2.75) is 37.0 Å². The fourth-order valence-electron chi connectivity index (χ4n) is 12.2. The topological polar surface area (TPSA) is 3.24 Å². The Morgan fingerprint density at radius 3 is 1.25 bits per heavy atom. The van der Waals surface area contributed by atoms with Crippen LogP contribution in [0.5, 0.6) is 0 Å². The Balaban J connectivity index is 1.06. The zero-order chi connectivity index (χ0) is 40.7. The molecule has 1 spiro atoms. The summed E-state index contributed by atoms with van der Waals surface area (Å²) in [5.41, 5.74) is 25.3. The van der Waals surface area contributed by atoms with Crippen molar-refractivity contribution in [2.24, 2.45) is 0 Å². The van der Waals surface area contributed by atoms with Crippen LogP contribution in [-0.2, 0) is 16.2 Å². The van der Waals surface area contributed by atoms with E-state index in [1.807, 2.05) is 0 Å². The zero-order valence-electron chi connectivity index (χ0n) is 34.6. The van der Waals surface area contributed by atoms with Crippen LogP contribution in [0.1, 0.15) is 70.8 Å². The third kappa shape index (κ3) is 4.36.